The highest BCUT2D eigenvalue weighted by Crippen LogP contribution is 2.32. The number of benzene rings is 2. The lowest BCUT2D eigenvalue weighted by atomic mass is 9.93. The van der Waals surface area contributed by atoms with Gasteiger partial charge in [-0.3, -0.25) is 9.69 Å². The Morgan fingerprint density at radius 1 is 1.19 bits per heavy atom. The molecule has 0 bridgehead atoms. The lowest BCUT2D eigenvalue weighted by Gasteiger charge is -2.37. The maximum Gasteiger partial charge on any atom is 0.416 e. The summed E-state index contributed by atoms with van der Waals surface area (Å²) >= 11 is 12.3. The van der Waals surface area contributed by atoms with Crippen LogP contribution in [0.3, 0.4) is 0 Å². The molecule has 204 valence electrons. The Morgan fingerprint density at radius 3 is 2.49 bits per heavy atom. The average Bonchev–Trinajstić information content (AvgIpc) is 2.81. The highest BCUT2D eigenvalue weighted by molar-refractivity contribution is 7.91. The number of sulfone groups is 1. The van der Waals surface area contributed by atoms with E-state index >= 15 is 0 Å². The van der Waals surface area contributed by atoms with Crippen molar-refractivity contribution in [3.05, 3.63) is 69.2 Å². The van der Waals surface area contributed by atoms with Crippen molar-refractivity contribution in [2.75, 3.05) is 26.4 Å². The van der Waals surface area contributed by atoms with E-state index < -0.39 is 38.9 Å². The van der Waals surface area contributed by atoms with Crippen LogP contribution < -0.4 is 5.73 Å². The first-order valence-electron chi connectivity index (χ1n) is 11.7. The summed E-state index contributed by atoms with van der Waals surface area (Å²) in [6.45, 7) is 0.882. The fourth-order valence-electron chi connectivity index (χ4n) is 4.60. The average molecular weight is 581 g/mol. The van der Waals surface area contributed by atoms with Crippen molar-refractivity contribution in [1.29, 1.82) is 0 Å². The van der Waals surface area contributed by atoms with Crippen LogP contribution in [0.5, 0.6) is 0 Å². The highest BCUT2D eigenvalue weighted by atomic mass is 35.5. The van der Waals surface area contributed by atoms with E-state index in [0.29, 0.717) is 48.5 Å². The molecular formula is C25H30Cl2F3N3O3S. The molecule has 0 aliphatic carbocycles. The molecular weight excluding hydrogens is 550 g/mol. The molecule has 0 radical (unpaired) electrons. The molecule has 1 fully saturated rings. The highest BCUT2D eigenvalue weighted by Gasteiger charge is 2.34. The van der Waals surface area contributed by atoms with Gasteiger partial charge in [0.15, 0.2) is 0 Å². The van der Waals surface area contributed by atoms with Crippen molar-refractivity contribution in [3.8, 4) is 0 Å². The van der Waals surface area contributed by atoms with Crippen molar-refractivity contribution in [2.24, 2.45) is 5.73 Å². The maximum atomic E-state index is 13.6. The lowest BCUT2D eigenvalue weighted by molar-refractivity contribution is -0.137. The van der Waals surface area contributed by atoms with E-state index in [2.05, 4.69) is 0 Å². The summed E-state index contributed by atoms with van der Waals surface area (Å²) in [4.78, 5) is 16.9. The van der Waals surface area contributed by atoms with Crippen LogP contribution in [0.4, 0.5) is 13.2 Å². The van der Waals surface area contributed by atoms with Crippen LogP contribution in [-0.4, -0.2) is 61.9 Å². The van der Waals surface area contributed by atoms with Crippen LogP contribution in [0.25, 0.3) is 0 Å². The SMILES string of the molecule is CN(Cc1cccc(C(F)(F)F)c1)C(=O)C(CCN1CCC(S(C)(=O)=O)CC1N)c1ccc(Cl)c(Cl)c1. The van der Waals surface area contributed by atoms with E-state index in [0.717, 1.165) is 12.1 Å². The number of amides is 1. The molecule has 1 aliphatic heterocycles. The largest absolute Gasteiger partial charge is 0.416 e. The molecule has 3 atom stereocenters. The summed E-state index contributed by atoms with van der Waals surface area (Å²) in [6, 6.07) is 9.77. The number of halogens is 5. The van der Waals surface area contributed by atoms with Gasteiger partial charge in [-0.25, -0.2) is 8.42 Å². The minimum absolute atomic E-state index is 0.0140. The molecule has 0 aromatic heterocycles. The summed E-state index contributed by atoms with van der Waals surface area (Å²) in [5, 5.41) is 0.117. The van der Waals surface area contributed by atoms with Gasteiger partial charge in [0.25, 0.3) is 0 Å². The zero-order chi connectivity index (χ0) is 27.5. The zero-order valence-electron chi connectivity index (χ0n) is 20.5. The molecule has 1 aliphatic rings. The number of piperidine rings is 1. The number of likely N-dealkylation sites (N-methyl/N-ethyl adjacent to an activating group) is 1. The quantitative estimate of drug-likeness (QED) is 0.479. The van der Waals surface area contributed by atoms with Gasteiger partial charge in [0.05, 0.1) is 32.9 Å². The molecule has 12 heteroatoms. The third-order valence-corrected chi connectivity index (χ3v) is 9.09. The molecule has 0 saturated carbocycles. The third kappa shape index (κ3) is 7.83. The standard InChI is InChI=1S/C25H30Cl2F3N3O3S/c1-32(15-16-4-3-5-18(12-16)25(28,29)30)24(34)20(17-6-7-21(26)22(27)13-17)9-11-33-10-8-19(14-23(33)31)37(2,35)36/h3-7,12-13,19-20,23H,8-11,14-15,31H2,1-2H3. The molecule has 6 nitrogen and oxygen atoms in total. The zero-order valence-corrected chi connectivity index (χ0v) is 22.8. The molecule has 2 N–H and O–H groups in total. The first-order chi connectivity index (χ1) is 17.2. The molecule has 37 heavy (non-hydrogen) atoms. The van der Waals surface area contributed by atoms with Crippen LogP contribution in [-0.2, 0) is 27.4 Å². The Hall–Kier alpha value is -1.85. The number of rotatable bonds is 8. The second-order valence-corrected chi connectivity index (χ2v) is 12.6. The number of alkyl halides is 3. The Morgan fingerprint density at radius 2 is 1.89 bits per heavy atom. The van der Waals surface area contributed by atoms with Crippen molar-refractivity contribution in [1.82, 2.24) is 9.80 Å². The van der Waals surface area contributed by atoms with E-state index in [1.807, 2.05) is 4.90 Å². The fourth-order valence-corrected chi connectivity index (χ4v) is 5.99. The minimum Gasteiger partial charge on any atom is -0.341 e. The summed E-state index contributed by atoms with van der Waals surface area (Å²) in [5.74, 6) is -0.958. The Labute approximate surface area is 225 Å². The summed E-state index contributed by atoms with van der Waals surface area (Å²) in [6.07, 6.45) is -2.64. The van der Waals surface area contributed by atoms with Crippen LogP contribution in [0.2, 0.25) is 10.0 Å². The van der Waals surface area contributed by atoms with Gasteiger partial charge in [0.2, 0.25) is 5.91 Å². The predicted octanol–water partition coefficient (Wildman–Crippen LogP) is 4.94. The first kappa shape index (κ1) is 29.7. The molecule has 0 spiro atoms. The third-order valence-electron chi connectivity index (χ3n) is 6.72. The van der Waals surface area contributed by atoms with Crippen molar-refractivity contribution < 1.29 is 26.4 Å². The van der Waals surface area contributed by atoms with E-state index in [9.17, 15) is 26.4 Å². The number of nitrogens with zero attached hydrogens (tertiary/aromatic N) is 2. The fraction of sp³-hybridized carbons (Fsp3) is 0.480. The van der Waals surface area contributed by atoms with Crippen LogP contribution in [0.1, 0.15) is 41.9 Å². The Bertz CT molecular complexity index is 1230. The van der Waals surface area contributed by atoms with E-state index in [1.165, 1.54) is 30.3 Å². The van der Waals surface area contributed by atoms with Gasteiger partial charge in [-0.1, -0.05) is 41.4 Å². The molecule has 3 unspecified atom stereocenters. The second kappa shape index (κ2) is 11.9. The van der Waals surface area contributed by atoms with Crippen LogP contribution >= 0.6 is 23.2 Å². The number of likely N-dealkylation sites (tertiary alicyclic amines) is 1. The van der Waals surface area contributed by atoms with Crippen LogP contribution in [0.15, 0.2) is 42.5 Å². The van der Waals surface area contributed by atoms with Crippen molar-refractivity contribution >= 4 is 38.9 Å². The van der Waals surface area contributed by atoms with Gasteiger partial charge in [-0.05, 0) is 54.7 Å². The molecule has 1 saturated heterocycles. The molecule has 2 aromatic carbocycles. The number of hydrogen-bond acceptors (Lipinski definition) is 5. The van der Waals surface area contributed by atoms with Gasteiger partial charge in [-0.2, -0.15) is 13.2 Å². The Kier molecular flexibility index (Phi) is 9.56. The molecule has 3 rings (SSSR count). The number of carbonyl (C=O) groups is 1. The number of nitrogens with two attached hydrogens (primary N) is 1. The molecule has 1 amide bonds. The number of hydrogen-bond donors (Lipinski definition) is 1. The van der Waals surface area contributed by atoms with Gasteiger partial charge in [-0.15, -0.1) is 0 Å². The minimum atomic E-state index is -4.48. The van der Waals surface area contributed by atoms with E-state index in [-0.39, 0.29) is 17.5 Å². The summed E-state index contributed by atoms with van der Waals surface area (Å²) in [7, 11) is -1.66. The van der Waals surface area contributed by atoms with Gasteiger partial charge < -0.3 is 10.6 Å². The van der Waals surface area contributed by atoms with Crippen molar-refractivity contribution in [3.63, 3.8) is 0 Å². The Balaban J connectivity index is 1.78. The van der Waals surface area contributed by atoms with Gasteiger partial charge >= 0.3 is 6.18 Å². The predicted molar refractivity (Wildman–Crippen MR) is 139 cm³/mol. The van der Waals surface area contributed by atoms with Gasteiger partial charge in [0, 0.05) is 32.9 Å². The molecule has 2 aromatic rings. The topological polar surface area (TPSA) is 83.7 Å². The van der Waals surface area contributed by atoms with Gasteiger partial charge in [0.1, 0.15) is 9.84 Å². The lowest BCUT2D eigenvalue weighted by Crippen LogP contribution is -2.51. The first-order valence-corrected chi connectivity index (χ1v) is 14.4. The monoisotopic (exact) mass is 579 g/mol. The second-order valence-electron chi connectivity index (χ2n) is 9.49. The smallest absolute Gasteiger partial charge is 0.341 e. The van der Waals surface area contributed by atoms with Crippen molar-refractivity contribution in [2.45, 2.75) is 49.3 Å². The summed E-state index contributed by atoms with van der Waals surface area (Å²) in [5.41, 5.74) is 6.45. The maximum absolute atomic E-state index is 13.6. The molecule has 1 heterocycles. The summed E-state index contributed by atoms with van der Waals surface area (Å²) < 4.78 is 63.2. The normalized spacial score (nSPS) is 20.0. The van der Waals surface area contributed by atoms with Crippen LogP contribution in [0, 0.1) is 0 Å². The number of carbonyl (C=O) groups excluding carboxylic acids is 1. The van der Waals surface area contributed by atoms with E-state index in [1.54, 1.807) is 18.2 Å². The van der Waals surface area contributed by atoms with E-state index in [4.69, 9.17) is 28.9 Å².